The van der Waals surface area contributed by atoms with Gasteiger partial charge in [-0.1, -0.05) is 17.7 Å². The molecule has 0 radical (unpaired) electrons. The summed E-state index contributed by atoms with van der Waals surface area (Å²) in [4.78, 5) is 10.2. The molecule has 0 atom stereocenters. The van der Waals surface area contributed by atoms with Gasteiger partial charge in [-0.2, -0.15) is 0 Å². The fourth-order valence-electron chi connectivity index (χ4n) is 1.93. The quantitative estimate of drug-likeness (QED) is 0.588. The van der Waals surface area contributed by atoms with E-state index in [9.17, 15) is 0 Å². The molecule has 1 fully saturated rings. The van der Waals surface area contributed by atoms with Crippen LogP contribution in [-0.4, -0.2) is 9.97 Å². The van der Waals surface area contributed by atoms with Crippen molar-refractivity contribution < 1.29 is 0 Å². The van der Waals surface area contributed by atoms with Crippen molar-refractivity contribution in [1.29, 1.82) is 0 Å². The predicted molar refractivity (Wildman–Crippen MR) is 92.1 cm³/mol. The predicted octanol–water partition coefficient (Wildman–Crippen LogP) is 4.49. The number of halogens is 2. The van der Waals surface area contributed by atoms with Gasteiger partial charge in [-0.05, 0) is 53.6 Å². The Bertz CT molecular complexity index is 646. The SMILES string of the molecule is Nc1nc(CSc2cccc(Cl)c2)nc(C2CC2)c1I. The van der Waals surface area contributed by atoms with Gasteiger partial charge in [0.05, 0.1) is 15.0 Å². The second-order valence-corrected chi connectivity index (χ2v) is 7.31. The van der Waals surface area contributed by atoms with Crippen LogP contribution >= 0.6 is 46.0 Å². The van der Waals surface area contributed by atoms with Crippen LogP contribution in [0.2, 0.25) is 5.02 Å². The number of nitrogens with zero attached hydrogens (tertiary/aromatic N) is 2. The average Bonchev–Trinajstić information content (AvgIpc) is 3.24. The molecule has 20 heavy (non-hydrogen) atoms. The minimum atomic E-state index is 0.585. The lowest BCUT2D eigenvalue weighted by Gasteiger charge is -2.08. The summed E-state index contributed by atoms with van der Waals surface area (Å²) >= 11 is 9.90. The van der Waals surface area contributed by atoms with E-state index in [2.05, 4.69) is 32.6 Å². The van der Waals surface area contributed by atoms with E-state index in [1.54, 1.807) is 11.8 Å². The van der Waals surface area contributed by atoms with Crippen LogP contribution in [0.25, 0.3) is 0 Å². The fourth-order valence-corrected chi connectivity index (χ4v) is 3.68. The summed E-state index contributed by atoms with van der Waals surface area (Å²) in [5.74, 6) is 2.70. The fraction of sp³-hybridized carbons (Fsp3) is 0.286. The average molecular weight is 418 g/mol. The lowest BCUT2D eigenvalue weighted by atomic mass is 10.3. The zero-order valence-electron chi connectivity index (χ0n) is 10.6. The van der Waals surface area contributed by atoms with Crippen LogP contribution < -0.4 is 5.73 Å². The number of thioether (sulfide) groups is 1. The Morgan fingerprint density at radius 2 is 2.15 bits per heavy atom. The van der Waals surface area contributed by atoms with Crippen LogP contribution in [0, 0.1) is 3.57 Å². The lowest BCUT2D eigenvalue weighted by molar-refractivity contribution is 0.924. The summed E-state index contributed by atoms with van der Waals surface area (Å²) in [6.07, 6.45) is 2.43. The number of anilines is 1. The zero-order chi connectivity index (χ0) is 14.1. The highest BCUT2D eigenvalue weighted by Gasteiger charge is 2.28. The van der Waals surface area contributed by atoms with Gasteiger partial charge in [-0.25, -0.2) is 9.97 Å². The number of rotatable bonds is 4. The molecule has 0 amide bonds. The zero-order valence-corrected chi connectivity index (χ0v) is 14.4. The Balaban J connectivity index is 1.77. The summed E-state index contributed by atoms with van der Waals surface area (Å²) in [5, 5.41) is 0.747. The summed E-state index contributed by atoms with van der Waals surface area (Å²) in [5.41, 5.74) is 7.12. The van der Waals surface area contributed by atoms with Gasteiger partial charge in [-0.15, -0.1) is 11.8 Å². The van der Waals surface area contributed by atoms with Crippen molar-refractivity contribution in [3.63, 3.8) is 0 Å². The molecule has 1 aliphatic rings. The highest BCUT2D eigenvalue weighted by atomic mass is 127. The van der Waals surface area contributed by atoms with Gasteiger partial charge in [0, 0.05) is 15.8 Å². The largest absolute Gasteiger partial charge is 0.383 e. The number of nitrogens with two attached hydrogens (primary N) is 1. The van der Waals surface area contributed by atoms with E-state index in [0.717, 1.165) is 25.0 Å². The highest BCUT2D eigenvalue weighted by Crippen LogP contribution is 2.42. The van der Waals surface area contributed by atoms with Crippen LogP contribution in [0.15, 0.2) is 29.2 Å². The molecule has 1 aliphatic carbocycles. The van der Waals surface area contributed by atoms with Gasteiger partial charge in [0.15, 0.2) is 0 Å². The number of benzene rings is 1. The number of hydrogen-bond donors (Lipinski definition) is 1. The van der Waals surface area contributed by atoms with E-state index in [1.165, 1.54) is 12.8 Å². The van der Waals surface area contributed by atoms with Crippen LogP contribution in [0.4, 0.5) is 5.82 Å². The van der Waals surface area contributed by atoms with Crippen molar-refractivity contribution in [2.24, 2.45) is 0 Å². The molecule has 2 N–H and O–H groups in total. The normalized spacial score (nSPS) is 14.5. The van der Waals surface area contributed by atoms with Crippen molar-refractivity contribution in [2.45, 2.75) is 29.4 Å². The van der Waals surface area contributed by atoms with Crippen LogP contribution in [0.3, 0.4) is 0 Å². The molecule has 1 aromatic carbocycles. The van der Waals surface area contributed by atoms with Crippen LogP contribution in [-0.2, 0) is 5.75 Å². The molecular formula is C14H13ClIN3S. The Hall–Kier alpha value is -0.530. The van der Waals surface area contributed by atoms with Gasteiger partial charge in [0.2, 0.25) is 0 Å². The van der Waals surface area contributed by atoms with Gasteiger partial charge >= 0.3 is 0 Å². The lowest BCUT2D eigenvalue weighted by Crippen LogP contribution is -2.06. The molecule has 0 aliphatic heterocycles. The third-order valence-corrected chi connectivity index (χ3v) is 5.41. The maximum absolute atomic E-state index is 5.99. The minimum absolute atomic E-state index is 0.585. The summed E-state index contributed by atoms with van der Waals surface area (Å²) in [6.45, 7) is 0. The molecule has 1 saturated carbocycles. The molecule has 2 aromatic rings. The van der Waals surface area contributed by atoms with Crippen LogP contribution in [0.1, 0.15) is 30.3 Å². The molecule has 1 aromatic heterocycles. The number of aromatic nitrogens is 2. The topological polar surface area (TPSA) is 51.8 Å². The van der Waals surface area contributed by atoms with Crippen molar-refractivity contribution in [2.75, 3.05) is 5.73 Å². The van der Waals surface area contributed by atoms with Gasteiger partial charge in [0.1, 0.15) is 11.6 Å². The number of nitrogen functional groups attached to an aromatic ring is 1. The molecule has 1 heterocycles. The maximum Gasteiger partial charge on any atom is 0.141 e. The first-order valence-corrected chi connectivity index (χ1v) is 8.78. The van der Waals surface area contributed by atoms with Crippen molar-refractivity contribution >= 4 is 51.8 Å². The van der Waals surface area contributed by atoms with E-state index in [-0.39, 0.29) is 0 Å². The van der Waals surface area contributed by atoms with E-state index in [0.29, 0.717) is 17.5 Å². The van der Waals surface area contributed by atoms with Gasteiger partial charge < -0.3 is 5.73 Å². The molecule has 3 rings (SSSR count). The molecule has 104 valence electrons. The summed E-state index contributed by atoms with van der Waals surface area (Å²) in [6, 6.07) is 7.80. The molecule has 0 bridgehead atoms. The molecular weight excluding hydrogens is 405 g/mol. The number of hydrogen-bond acceptors (Lipinski definition) is 4. The van der Waals surface area contributed by atoms with Gasteiger partial charge in [0.25, 0.3) is 0 Å². The first kappa shape index (κ1) is 14.4. The summed E-state index contributed by atoms with van der Waals surface area (Å²) in [7, 11) is 0. The molecule has 0 saturated heterocycles. The van der Waals surface area contributed by atoms with Crippen molar-refractivity contribution in [1.82, 2.24) is 9.97 Å². The Labute approximate surface area is 140 Å². The van der Waals surface area contributed by atoms with Crippen LogP contribution in [0.5, 0.6) is 0 Å². The molecule has 6 heteroatoms. The van der Waals surface area contributed by atoms with Gasteiger partial charge in [-0.3, -0.25) is 0 Å². The highest BCUT2D eigenvalue weighted by molar-refractivity contribution is 14.1. The molecule has 3 nitrogen and oxygen atoms in total. The Morgan fingerprint density at radius 3 is 2.85 bits per heavy atom. The standard InChI is InChI=1S/C14H13ClIN3S/c15-9-2-1-3-10(6-9)20-7-11-18-13(8-4-5-8)12(16)14(17)19-11/h1-3,6,8H,4-5,7H2,(H2,17,18,19). The maximum atomic E-state index is 5.99. The Kier molecular flexibility index (Phi) is 4.37. The smallest absolute Gasteiger partial charge is 0.141 e. The van der Waals surface area contributed by atoms with E-state index in [4.69, 9.17) is 17.3 Å². The van der Waals surface area contributed by atoms with E-state index in [1.807, 2.05) is 24.3 Å². The van der Waals surface area contributed by atoms with E-state index >= 15 is 0 Å². The first-order chi connectivity index (χ1) is 9.63. The van der Waals surface area contributed by atoms with Crippen molar-refractivity contribution in [3.05, 3.63) is 44.4 Å². The monoisotopic (exact) mass is 417 g/mol. The second kappa shape index (κ2) is 6.07. The Morgan fingerprint density at radius 1 is 1.35 bits per heavy atom. The minimum Gasteiger partial charge on any atom is -0.383 e. The van der Waals surface area contributed by atoms with Crippen molar-refractivity contribution in [3.8, 4) is 0 Å². The first-order valence-electron chi connectivity index (χ1n) is 6.33. The van der Waals surface area contributed by atoms with E-state index < -0.39 is 0 Å². The second-order valence-electron chi connectivity index (χ2n) is 4.74. The molecule has 0 unspecified atom stereocenters. The molecule has 0 spiro atoms. The third kappa shape index (κ3) is 3.38. The third-order valence-electron chi connectivity index (χ3n) is 3.08. The summed E-state index contributed by atoms with van der Waals surface area (Å²) < 4.78 is 1.02.